The smallest absolute Gasteiger partial charge is 0.162 e. The van der Waals surface area contributed by atoms with Gasteiger partial charge in [0.2, 0.25) is 0 Å². The third-order valence-electron chi connectivity index (χ3n) is 3.12. The molecule has 104 valence electrons. The second-order valence-electron chi connectivity index (χ2n) is 4.47. The summed E-state index contributed by atoms with van der Waals surface area (Å²) in [6, 6.07) is 9.38. The van der Waals surface area contributed by atoms with Gasteiger partial charge in [-0.1, -0.05) is 28.1 Å². The molecule has 0 aromatic heterocycles. The largest absolute Gasteiger partial charge is 0.486 e. The van der Waals surface area contributed by atoms with Crippen LogP contribution in [-0.2, 0) is 0 Å². The van der Waals surface area contributed by atoms with Gasteiger partial charge in [0.25, 0.3) is 0 Å². The Morgan fingerprint density at radius 1 is 1.10 bits per heavy atom. The number of fused-ring (bicyclic) bond motifs is 1. The van der Waals surface area contributed by atoms with Crippen LogP contribution < -0.4 is 9.47 Å². The molecule has 2 aromatic rings. The van der Waals surface area contributed by atoms with E-state index < -0.39 is 6.10 Å². The lowest BCUT2D eigenvalue weighted by molar-refractivity contribution is 0.169. The van der Waals surface area contributed by atoms with Gasteiger partial charge >= 0.3 is 0 Å². The van der Waals surface area contributed by atoms with E-state index in [4.69, 9.17) is 9.47 Å². The number of aliphatic hydroxyl groups excluding tert-OH is 1. The molecule has 0 aliphatic carbocycles. The van der Waals surface area contributed by atoms with Crippen LogP contribution in [0.1, 0.15) is 17.2 Å². The molecule has 3 nitrogen and oxygen atoms in total. The first-order valence-corrected chi connectivity index (χ1v) is 6.97. The van der Waals surface area contributed by atoms with Crippen molar-refractivity contribution < 1.29 is 19.0 Å². The molecule has 1 unspecified atom stereocenters. The second-order valence-corrected chi connectivity index (χ2v) is 5.33. The highest BCUT2D eigenvalue weighted by molar-refractivity contribution is 9.10. The average Bonchev–Trinajstić information content (AvgIpc) is 2.46. The maximum atomic E-state index is 13.2. The number of ether oxygens (including phenoxy) is 2. The summed E-state index contributed by atoms with van der Waals surface area (Å²) in [6.45, 7) is 0.982. The van der Waals surface area contributed by atoms with Crippen molar-refractivity contribution in [2.75, 3.05) is 13.2 Å². The molecule has 0 saturated heterocycles. The Labute approximate surface area is 124 Å². The maximum Gasteiger partial charge on any atom is 0.162 e. The highest BCUT2D eigenvalue weighted by Gasteiger charge is 2.20. The van der Waals surface area contributed by atoms with Crippen LogP contribution in [0.4, 0.5) is 4.39 Å². The van der Waals surface area contributed by atoms with Gasteiger partial charge in [0.05, 0.1) is 0 Å². The van der Waals surface area contributed by atoms with Crippen molar-refractivity contribution in [1.29, 1.82) is 0 Å². The lowest BCUT2D eigenvalue weighted by Crippen LogP contribution is -2.16. The highest BCUT2D eigenvalue weighted by Crippen LogP contribution is 2.39. The zero-order chi connectivity index (χ0) is 14.1. The van der Waals surface area contributed by atoms with Gasteiger partial charge in [-0.2, -0.15) is 0 Å². The summed E-state index contributed by atoms with van der Waals surface area (Å²) >= 11 is 3.40. The van der Waals surface area contributed by atoms with E-state index in [2.05, 4.69) is 15.9 Å². The van der Waals surface area contributed by atoms with Gasteiger partial charge in [0.15, 0.2) is 11.5 Å². The minimum absolute atomic E-state index is 0.379. The maximum absolute atomic E-state index is 13.2. The van der Waals surface area contributed by atoms with Crippen molar-refractivity contribution in [2.45, 2.75) is 6.10 Å². The fourth-order valence-corrected chi connectivity index (χ4v) is 2.68. The summed E-state index contributed by atoms with van der Waals surface area (Å²) in [5.74, 6) is 0.846. The summed E-state index contributed by atoms with van der Waals surface area (Å²) in [6.07, 6.45) is -0.934. The zero-order valence-electron chi connectivity index (χ0n) is 10.5. The van der Waals surface area contributed by atoms with Crippen LogP contribution in [0.15, 0.2) is 40.9 Å². The van der Waals surface area contributed by atoms with E-state index in [1.807, 2.05) is 0 Å². The van der Waals surface area contributed by atoms with Gasteiger partial charge in [0.1, 0.15) is 25.1 Å². The number of hydrogen-bond donors (Lipinski definition) is 1. The molecule has 0 amide bonds. The van der Waals surface area contributed by atoms with Gasteiger partial charge in [0, 0.05) is 10.0 Å². The van der Waals surface area contributed by atoms with E-state index in [0.717, 1.165) is 0 Å². The van der Waals surface area contributed by atoms with E-state index >= 15 is 0 Å². The molecule has 3 rings (SSSR count). The second kappa shape index (κ2) is 5.42. The normalized spacial score (nSPS) is 14.9. The van der Waals surface area contributed by atoms with E-state index in [-0.39, 0.29) is 5.82 Å². The Bertz CT molecular complexity index is 645. The van der Waals surface area contributed by atoms with Crippen LogP contribution in [-0.4, -0.2) is 18.3 Å². The number of benzene rings is 2. The molecule has 2 aromatic carbocycles. The van der Waals surface area contributed by atoms with Crippen molar-refractivity contribution in [1.82, 2.24) is 0 Å². The molecule has 1 aliphatic heterocycles. The Hall–Kier alpha value is -1.59. The van der Waals surface area contributed by atoms with Gasteiger partial charge in [-0.05, 0) is 29.8 Å². The third-order valence-corrected chi connectivity index (χ3v) is 3.81. The topological polar surface area (TPSA) is 38.7 Å². The van der Waals surface area contributed by atoms with E-state index in [9.17, 15) is 9.50 Å². The monoisotopic (exact) mass is 338 g/mol. The average molecular weight is 339 g/mol. The summed E-state index contributed by atoms with van der Waals surface area (Å²) in [5.41, 5.74) is 1.10. The summed E-state index contributed by atoms with van der Waals surface area (Å²) in [4.78, 5) is 0. The Morgan fingerprint density at radius 2 is 1.80 bits per heavy atom. The minimum Gasteiger partial charge on any atom is -0.486 e. The fraction of sp³-hybridized carbons (Fsp3) is 0.200. The van der Waals surface area contributed by atoms with Gasteiger partial charge in [-0.3, -0.25) is 0 Å². The molecule has 0 saturated carbocycles. The number of halogens is 2. The lowest BCUT2D eigenvalue weighted by atomic mass is 10.0. The van der Waals surface area contributed by atoms with Crippen LogP contribution >= 0.6 is 15.9 Å². The number of hydrogen-bond acceptors (Lipinski definition) is 3. The molecular weight excluding hydrogens is 327 g/mol. The van der Waals surface area contributed by atoms with Crippen LogP contribution in [0.3, 0.4) is 0 Å². The van der Waals surface area contributed by atoms with Crippen molar-refractivity contribution >= 4 is 15.9 Å². The molecule has 0 fully saturated rings. The molecule has 20 heavy (non-hydrogen) atoms. The zero-order valence-corrected chi connectivity index (χ0v) is 12.1. The Balaban J connectivity index is 2.01. The Kier molecular flexibility index (Phi) is 3.63. The quantitative estimate of drug-likeness (QED) is 0.911. The standard InChI is InChI=1S/C15H12BrFO3/c16-12-8-14-13(19-4-5-20-14)7-11(12)15(18)9-2-1-3-10(17)6-9/h1-3,6-8,15,18H,4-5H2. The van der Waals surface area contributed by atoms with Crippen LogP contribution in [0.5, 0.6) is 11.5 Å². The van der Waals surface area contributed by atoms with Crippen LogP contribution in [0, 0.1) is 5.82 Å². The molecule has 0 radical (unpaired) electrons. The van der Waals surface area contributed by atoms with E-state index in [0.29, 0.717) is 40.3 Å². The van der Waals surface area contributed by atoms with E-state index in [1.165, 1.54) is 12.1 Å². The molecule has 1 heterocycles. The first-order valence-electron chi connectivity index (χ1n) is 6.18. The van der Waals surface area contributed by atoms with Crippen molar-refractivity contribution in [3.05, 3.63) is 57.8 Å². The van der Waals surface area contributed by atoms with E-state index in [1.54, 1.807) is 24.3 Å². The van der Waals surface area contributed by atoms with Crippen LogP contribution in [0.2, 0.25) is 0 Å². The molecule has 0 spiro atoms. The van der Waals surface area contributed by atoms with Gasteiger partial charge in [-0.25, -0.2) is 4.39 Å². The van der Waals surface area contributed by atoms with Crippen molar-refractivity contribution in [3.8, 4) is 11.5 Å². The first kappa shape index (κ1) is 13.4. The SMILES string of the molecule is OC(c1cccc(F)c1)c1cc2c(cc1Br)OCCO2. The van der Waals surface area contributed by atoms with Crippen LogP contribution in [0.25, 0.3) is 0 Å². The molecule has 5 heteroatoms. The van der Waals surface area contributed by atoms with Crippen molar-refractivity contribution in [2.24, 2.45) is 0 Å². The fourth-order valence-electron chi connectivity index (χ4n) is 2.15. The van der Waals surface area contributed by atoms with Gasteiger partial charge in [-0.15, -0.1) is 0 Å². The predicted molar refractivity (Wildman–Crippen MR) is 75.6 cm³/mol. The minimum atomic E-state index is -0.934. The number of aliphatic hydroxyl groups is 1. The predicted octanol–water partition coefficient (Wildman–Crippen LogP) is 3.44. The van der Waals surface area contributed by atoms with Crippen molar-refractivity contribution in [3.63, 3.8) is 0 Å². The van der Waals surface area contributed by atoms with Gasteiger partial charge < -0.3 is 14.6 Å². The molecule has 1 aliphatic rings. The summed E-state index contributed by atoms with van der Waals surface area (Å²) < 4.78 is 24.9. The summed E-state index contributed by atoms with van der Waals surface area (Å²) in [5, 5.41) is 10.4. The molecule has 0 bridgehead atoms. The Morgan fingerprint density at radius 3 is 2.50 bits per heavy atom. The molecular formula is C15H12BrFO3. The first-order chi connectivity index (χ1) is 9.65. The molecule has 1 N–H and O–H groups in total. The third kappa shape index (κ3) is 2.51. The lowest BCUT2D eigenvalue weighted by Gasteiger charge is -2.21. The summed E-state index contributed by atoms with van der Waals surface area (Å²) in [7, 11) is 0. The molecule has 1 atom stereocenters. The highest BCUT2D eigenvalue weighted by atomic mass is 79.9. The number of rotatable bonds is 2.